The Hall–Kier alpha value is -2.56. The van der Waals surface area contributed by atoms with Crippen molar-refractivity contribution in [2.75, 3.05) is 32.1 Å². The first kappa shape index (κ1) is 42.6. The van der Waals surface area contributed by atoms with Crippen LogP contribution in [0.4, 0.5) is 4.79 Å². The van der Waals surface area contributed by atoms with Gasteiger partial charge in [0.2, 0.25) is 5.91 Å². The van der Waals surface area contributed by atoms with E-state index in [1.807, 2.05) is 11.8 Å². The van der Waals surface area contributed by atoms with Gasteiger partial charge in [-0.2, -0.15) is 11.8 Å². The predicted octanol–water partition coefficient (Wildman–Crippen LogP) is 7.46. The number of fused-ring (bicyclic) bond motifs is 1. The molecule has 4 atom stereocenters. The van der Waals surface area contributed by atoms with Gasteiger partial charge in [0.1, 0.15) is 12.7 Å². The molecule has 0 bridgehead atoms. The first-order valence-electron chi connectivity index (χ1n) is 19.0. The van der Waals surface area contributed by atoms with Gasteiger partial charge in [-0.15, -0.1) is 0 Å². The summed E-state index contributed by atoms with van der Waals surface area (Å²) in [5, 5.41) is 18.9. The van der Waals surface area contributed by atoms with E-state index in [2.05, 4.69) is 71.5 Å². The summed E-state index contributed by atoms with van der Waals surface area (Å²) in [5.74, 6) is 0.738. The van der Waals surface area contributed by atoms with Crippen molar-refractivity contribution in [1.82, 2.24) is 16.0 Å². The fraction of sp³-hybridized carbons (Fsp3) is 0.718. The van der Waals surface area contributed by atoms with E-state index in [-0.39, 0.29) is 43.2 Å². The van der Waals surface area contributed by atoms with Gasteiger partial charge in [0.15, 0.2) is 0 Å². The summed E-state index contributed by atoms with van der Waals surface area (Å²) in [6.07, 6.45) is 34.2. The zero-order chi connectivity index (χ0) is 35.2. The second kappa shape index (κ2) is 29.2. The fourth-order valence-corrected chi connectivity index (χ4v) is 7.29. The number of thioether (sulfide) groups is 1. The molecule has 0 spiro atoms. The molecule has 0 aliphatic carbocycles. The number of amides is 3. The van der Waals surface area contributed by atoms with Gasteiger partial charge in [0, 0.05) is 37.0 Å². The molecule has 0 saturated carbocycles. The van der Waals surface area contributed by atoms with Crippen LogP contribution in [0.3, 0.4) is 0 Å². The Kier molecular flexibility index (Phi) is 25.4. The molecule has 2 rings (SSSR count). The summed E-state index contributed by atoms with van der Waals surface area (Å²) in [5.41, 5.74) is 0. The lowest BCUT2D eigenvalue weighted by Gasteiger charge is -2.16. The molecule has 49 heavy (non-hydrogen) atoms. The molecular weight excluding hydrogens is 639 g/mol. The van der Waals surface area contributed by atoms with Crippen LogP contribution in [-0.4, -0.2) is 78.6 Å². The highest BCUT2D eigenvalue weighted by Crippen LogP contribution is 2.33. The molecule has 3 amide bonds. The van der Waals surface area contributed by atoms with E-state index in [1.54, 1.807) is 0 Å². The molecule has 2 fully saturated rings. The third-order valence-electron chi connectivity index (χ3n) is 8.67. The number of aliphatic hydroxyl groups is 1. The number of aliphatic hydroxyl groups excluding tert-OH is 1. The van der Waals surface area contributed by atoms with Gasteiger partial charge in [0.25, 0.3) is 0 Å². The summed E-state index contributed by atoms with van der Waals surface area (Å²) in [7, 11) is 0. The lowest BCUT2D eigenvalue weighted by molar-refractivity contribution is -0.149. The first-order valence-corrected chi connectivity index (χ1v) is 20.0. The molecule has 0 aromatic rings. The number of carbonyl (C=O) groups excluding carboxylic acids is 3. The van der Waals surface area contributed by atoms with Gasteiger partial charge in [-0.25, -0.2) is 4.79 Å². The average Bonchev–Trinajstić information content (AvgIpc) is 3.66. The van der Waals surface area contributed by atoms with Gasteiger partial charge in [-0.05, 0) is 77.0 Å². The number of rotatable bonds is 30. The van der Waals surface area contributed by atoms with Crippen LogP contribution >= 0.6 is 11.8 Å². The van der Waals surface area contributed by atoms with Crippen LogP contribution in [-0.2, 0) is 19.1 Å². The van der Waals surface area contributed by atoms with Crippen LogP contribution in [0.1, 0.15) is 122 Å². The third-order valence-corrected chi connectivity index (χ3v) is 10.2. The lowest BCUT2D eigenvalue weighted by Crippen LogP contribution is -2.36. The Balaban J connectivity index is 1.34. The van der Waals surface area contributed by atoms with E-state index in [4.69, 9.17) is 9.47 Å². The lowest BCUT2D eigenvalue weighted by atomic mass is 10.0. The highest BCUT2D eigenvalue weighted by molar-refractivity contribution is 8.00. The van der Waals surface area contributed by atoms with E-state index in [0.717, 1.165) is 76.4 Å². The van der Waals surface area contributed by atoms with E-state index < -0.39 is 6.10 Å². The van der Waals surface area contributed by atoms with Crippen molar-refractivity contribution in [3.05, 3.63) is 48.6 Å². The highest BCUT2D eigenvalue weighted by Gasteiger charge is 2.42. The molecule has 0 radical (unpaired) electrons. The molecule has 9 nitrogen and oxygen atoms in total. The van der Waals surface area contributed by atoms with E-state index >= 15 is 0 Å². The molecule has 0 aromatic heterocycles. The summed E-state index contributed by atoms with van der Waals surface area (Å²) in [6.45, 7) is 3.25. The number of allylic oxidation sites excluding steroid dienone is 8. The number of hydrogen-bond acceptors (Lipinski definition) is 7. The Labute approximate surface area is 300 Å². The van der Waals surface area contributed by atoms with E-state index in [1.165, 1.54) is 25.7 Å². The smallest absolute Gasteiger partial charge is 0.315 e. The van der Waals surface area contributed by atoms with Gasteiger partial charge in [-0.1, -0.05) is 81.2 Å². The van der Waals surface area contributed by atoms with Crippen molar-refractivity contribution in [1.29, 1.82) is 0 Å². The van der Waals surface area contributed by atoms with Crippen molar-refractivity contribution in [2.24, 2.45) is 0 Å². The number of unbranched alkanes of at least 4 members (excludes halogenated alkanes) is 8. The quantitative estimate of drug-likeness (QED) is 0.0265. The maximum absolute atomic E-state index is 12.1. The minimum absolute atomic E-state index is 0.0622. The van der Waals surface area contributed by atoms with Crippen LogP contribution in [0.2, 0.25) is 0 Å². The largest absolute Gasteiger partial charge is 0.463 e. The van der Waals surface area contributed by atoms with Gasteiger partial charge < -0.3 is 30.5 Å². The number of ether oxygens (including phenoxy) is 2. The van der Waals surface area contributed by atoms with Crippen molar-refractivity contribution in [3.8, 4) is 0 Å². The molecule has 2 heterocycles. The van der Waals surface area contributed by atoms with Gasteiger partial charge >= 0.3 is 12.0 Å². The number of hydrogen-bond donors (Lipinski definition) is 4. The Morgan fingerprint density at radius 1 is 0.857 bits per heavy atom. The predicted molar refractivity (Wildman–Crippen MR) is 202 cm³/mol. The molecule has 2 saturated heterocycles. The average molecular weight is 704 g/mol. The molecule has 4 N–H and O–H groups in total. The summed E-state index contributed by atoms with van der Waals surface area (Å²) in [6, 6.07) is 0.398. The standard InChI is InChI=1S/C39H65N3O6S/c1-2-3-4-5-6-7-8-9-10-11-12-13-14-15-16-17-18-24-29-47-33(30-43)31-48-37(45)27-20-19-23-28-40-36(44)26-22-21-25-35-38-34(32-49-35)41-39(46)42-38/h6-7,9-10,12-13,15-16,33-35,38,43H,2-5,8,11,14,17-32H2,1H3,(H,40,44)(H2,41,42,46)/b7-6-,10-9-,13-12-,16-15-/t33?,34-,35-,38-/m0/s1. The van der Waals surface area contributed by atoms with Crippen molar-refractivity contribution in [3.63, 3.8) is 0 Å². The maximum Gasteiger partial charge on any atom is 0.315 e. The van der Waals surface area contributed by atoms with E-state index in [0.29, 0.717) is 37.7 Å². The normalized spacial score (nSPS) is 19.6. The summed E-state index contributed by atoms with van der Waals surface area (Å²) >= 11 is 1.90. The number of esters is 1. The fourth-order valence-electron chi connectivity index (χ4n) is 5.75. The molecule has 278 valence electrons. The van der Waals surface area contributed by atoms with Crippen molar-refractivity contribution >= 4 is 29.7 Å². The van der Waals surface area contributed by atoms with Crippen LogP contribution in [0.25, 0.3) is 0 Å². The van der Waals surface area contributed by atoms with Gasteiger partial charge in [0.05, 0.1) is 18.7 Å². The summed E-state index contributed by atoms with van der Waals surface area (Å²) < 4.78 is 11.0. The zero-order valence-corrected chi connectivity index (χ0v) is 30.9. The molecular formula is C39H65N3O6S. The van der Waals surface area contributed by atoms with Crippen molar-refractivity contribution < 1.29 is 29.0 Å². The SMILES string of the molecule is CCCCC/C=C\C/C=C\C/C=C\C/C=C\CCCCOC(CO)COC(=O)CCCCCNC(=O)CCCC[C@@H]1SC[C@@H]2NC(=O)N[C@@H]21. The molecule has 10 heteroatoms. The van der Waals surface area contributed by atoms with Crippen LogP contribution in [0, 0.1) is 0 Å². The van der Waals surface area contributed by atoms with Crippen LogP contribution < -0.4 is 16.0 Å². The Morgan fingerprint density at radius 3 is 2.22 bits per heavy atom. The molecule has 1 unspecified atom stereocenters. The van der Waals surface area contributed by atoms with Gasteiger partial charge in [-0.3, -0.25) is 9.59 Å². The number of carbonyl (C=O) groups is 3. The summed E-state index contributed by atoms with van der Waals surface area (Å²) in [4.78, 5) is 35.7. The minimum Gasteiger partial charge on any atom is -0.463 e. The molecule has 2 aliphatic heterocycles. The minimum atomic E-state index is -0.495. The van der Waals surface area contributed by atoms with Crippen LogP contribution in [0.15, 0.2) is 48.6 Å². The molecule has 2 aliphatic rings. The zero-order valence-electron chi connectivity index (χ0n) is 30.1. The Morgan fingerprint density at radius 2 is 1.53 bits per heavy atom. The van der Waals surface area contributed by atoms with Crippen molar-refractivity contribution in [2.45, 2.75) is 146 Å². The highest BCUT2D eigenvalue weighted by atomic mass is 32.2. The first-order chi connectivity index (χ1) is 24.0. The second-order valence-corrected chi connectivity index (χ2v) is 14.2. The second-order valence-electron chi connectivity index (χ2n) is 13.0. The number of nitrogens with one attached hydrogen (secondary N) is 3. The number of urea groups is 1. The maximum atomic E-state index is 12.1. The monoisotopic (exact) mass is 703 g/mol. The van der Waals surface area contributed by atoms with E-state index in [9.17, 15) is 19.5 Å². The van der Waals surface area contributed by atoms with Crippen LogP contribution in [0.5, 0.6) is 0 Å². The molecule has 0 aromatic carbocycles. The topological polar surface area (TPSA) is 126 Å². The Bertz CT molecular complexity index is 1020. The third kappa shape index (κ3) is 22.0.